The van der Waals surface area contributed by atoms with Crippen LogP contribution in [0.25, 0.3) is 11.0 Å². The van der Waals surface area contributed by atoms with Gasteiger partial charge in [-0.25, -0.2) is 0 Å². The fourth-order valence-corrected chi connectivity index (χ4v) is 2.22. The van der Waals surface area contributed by atoms with Crippen LogP contribution in [0.4, 0.5) is 0 Å². The number of carbonyl (C=O) groups is 2. The van der Waals surface area contributed by atoms with E-state index >= 15 is 0 Å². The van der Waals surface area contributed by atoms with Crippen molar-refractivity contribution in [1.29, 1.82) is 0 Å². The Kier molecular flexibility index (Phi) is 6.39. The number of nitrogens with two attached hydrogens (primary N) is 1. The van der Waals surface area contributed by atoms with Gasteiger partial charge in [-0.15, -0.1) is 12.4 Å². The van der Waals surface area contributed by atoms with Gasteiger partial charge in [0.1, 0.15) is 11.3 Å². The van der Waals surface area contributed by atoms with E-state index in [2.05, 4.69) is 10.6 Å². The summed E-state index contributed by atoms with van der Waals surface area (Å²) in [6.07, 6.45) is 0. The molecule has 0 aliphatic carbocycles. The minimum Gasteiger partial charge on any atom is -0.459 e. The fourth-order valence-electron chi connectivity index (χ4n) is 2.22. The van der Waals surface area contributed by atoms with Crippen molar-refractivity contribution in [3.8, 4) is 0 Å². The Labute approximate surface area is 134 Å². The molecule has 2 rings (SSSR count). The van der Waals surface area contributed by atoms with Gasteiger partial charge in [-0.05, 0) is 19.9 Å². The average Bonchev–Trinajstić information content (AvgIpc) is 2.82. The van der Waals surface area contributed by atoms with Crippen LogP contribution in [0.3, 0.4) is 0 Å². The van der Waals surface area contributed by atoms with Crippen molar-refractivity contribution >= 4 is 35.2 Å². The van der Waals surface area contributed by atoms with E-state index in [0.717, 1.165) is 22.3 Å². The summed E-state index contributed by atoms with van der Waals surface area (Å²) in [5, 5.41) is 6.25. The van der Waals surface area contributed by atoms with Gasteiger partial charge < -0.3 is 20.8 Å². The van der Waals surface area contributed by atoms with Crippen molar-refractivity contribution in [3.63, 3.8) is 0 Å². The number of halogens is 1. The highest BCUT2D eigenvalue weighted by molar-refractivity contribution is 5.86. The summed E-state index contributed by atoms with van der Waals surface area (Å²) in [6, 6.07) is 7.44. The van der Waals surface area contributed by atoms with Gasteiger partial charge in [-0.1, -0.05) is 18.2 Å². The lowest BCUT2D eigenvalue weighted by molar-refractivity contribution is -0.125. The van der Waals surface area contributed by atoms with Crippen molar-refractivity contribution in [1.82, 2.24) is 10.6 Å². The van der Waals surface area contributed by atoms with Crippen molar-refractivity contribution in [2.24, 2.45) is 5.73 Å². The molecule has 0 radical (unpaired) electrons. The fraction of sp³-hybridized carbons (Fsp3) is 0.333. The molecular formula is C15H20ClN3O3. The molecule has 0 aliphatic rings. The molecule has 0 aliphatic heterocycles. The largest absolute Gasteiger partial charge is 0.459 e. The molecule has 1 aromatic heterocycles. The molecule has 0 saturated carbocycles. The molecule has 6 nitrogen and oxygen atoms in total. The van der Waals surface area contributed by atoms with Gasteiger partial charge in [0.2, 0.25) is 11.8 Å². The number of para-hydroxylation sites is 1. The van der Waals surface area contributed by atoms with Crippen LogP contribution in [-0.4, -0.2) is 24.9 Å². The first-order chi connectivity index (χ1) is 10.0. The second-order valence-corrected chi connectivity index (χ2v) is 4.86. The third-order valence-electron chi connectivity index (χ3n) is 3.28. The minimum atomic E-state index is -0.363. The Balaban J connectivity index is 0.00000242. The van der Waals surface area contributed by atoms with Gasteiger partial charge in [0.15, 0.2) is 0 Å². The quantitative estimate of drug-likeness (QED) is 0.774. The topological polar surface area (TPSA) is 97.4 Å². The number of hydrogen-bond donors (Lipinski definition) is 3. The number of hydrogen-bond acceptors (Lipinski definition) is 4. The van der Waals surface area contributed by atoms with Gasteiger partial charge >= 0.3 is 0 Å². The van der Waals surface area contributed by atoms with E-state index in [9.17, 15) is 9.59 Å². The molecule has 1 atom stereocenters. The SMILES string of the molecule is Cc1c(C(C)NC(=O)CNC(=O)CN)oc2ccccc12.Cl. The number of fused-ring (bicyclic) bond motifs is 1. The Morgan fingerprint density at radius 2 is 1.95 bits per heavy atom. The molecule has 22 heavy (non-hydrogen) atoms. The highest BCUT2D eigenvalue weighted by Gasteiger charge is 2.18. The van der Waals surface area contributed by atoms with Crippen LogP contribution in [-0.2, 0) is 9.59 Å². The smallest absolute Gasteiger partial charge is 0.239 e. The van der Waals surface area contributed by atoms with E-state index in [0.29, 0.717) is 0 Å². The maximum Gasteiger partial charge on any atom is 0.239 e. The zero-order valence-corrected chi connectivity index (χ0v) is 13.3. The number of benzene rings is 1. The first-order valence-electron chi connectivity index (χ1n) is 6.77. The summed E-state index contributed by atoms with van der Waals surface area (Å²) in [5.74, 6) is 0.0663. The van der Waals surface area contributed by atoms with Crippen LogP contribution in [0.1, 0.15) is 24.3 Å². The van der Waals surface area contributed by atoms with Gasteiger partial charge in [-0.2, -0.15) is 0 Å². The lowest BCUT2D eigenvalue weighted by Crippen LogP contribution is -2.40. The summed E-state index contributed by atoms with van der Waals surface area (Å²) in [4.78, 5) is 22.8. The number of aryl methyl sites for hydroxylation is 1. The Morgan fingerprint density at radius 1 is 1.27 bits per heavy atom. The predicted molar refractivity (Wildman–Crippen MR) is 86.8 cm³/mol. The van der Waals surface area contributed by atoms with E-state index in [4.69, 9.17) is 10.2 Å². The molecule has 2 amide bonds. The standard InChI is InChI=1S/C15H19N3O3.ClH/c1-9-11-5-3-4-6-12(11)21-15(9)10(2)18-14(20)8-17-13(19)7-16;/h3-6,10H,7-8,16H2,1-2H3,(H,17,19)(H,18,20);1H. The second kappa shape index (κ2) is 7.82. The van der Waals surface area contributed by atoms with Crippen molar-refractivity contribution in [2.75, 3.05) is 13.1 Å². The number of amides is 2. The average molecular weight is 326 g/mol. The maximum atomic E-state index is 11.8. The summed E-state index contributed by atoms with van der Waals surface area (Å²) in [6.45, 7) is 3.57. The molecule has 0 spiro atoms. The van der Waals surface area contributed by atoms with Crippen LogP contribution < -0.4 is 16.4 Å². The predicted octanol–water partition coefficient (Wildman–Crippen LogP) is 1.42. The van der Waals surface area contributed by atoms with E-state index in [1.54, 1.807) is 0 Å². The molecule has 7 heteroatoms. The molecule has 0 saturated heterocycles. The lowest BCUT2D eigenvalue weighted by Gasteiger charge is -2.12. The van der Waals surface area contributed by atoms with Gasteiger partial charge in [0.25, 0.3) is 0 Å². The summed E-state index contributed by atoms with van der Waals surface area (Å²) in [5.41, 5.74) is 6.95. The van der Waals surface area contributed by atoms with Gasteiger partial charge in [0.05, 0.1) is 19.1 Å². The molecule has 1 heterocycles. The molecule has 120 valence electrons. The Morgan fingerprint density at radius 3 is 2.59 bits per heavy atom. The van der Waals surface area contributed by atoms with E-state index in [1.807, 2.05) is 38.1 Å². The van der Waals surface area contributed by atoms with Crippen molar-refractivity contribution < 1.29 is 14.0 Å². The second-order valence-electron chi connectivity index (χ2n) is 4.86. The van der Waals surface area contributed by atoms with Crippen LogP contribution in [0, 0.1) is 6.92 Å². The van der Waals surface area contributed by atoms with Crippen LogP contribution >= 0.6 is 12.4 Å². The molecule has 2 aromatic rings. The first-order valence-corrected chi connectivity index (χ1v) is 6.77. The van der Waals surface area contributed by atoms with Crippen LogP contribution in [0.5, 0.6) is 0 Å². The van der Waals surface area contributed by atoms with Crippen LogP contribution in [0.2, 0.25) is 0 Å². The number of nitrogens with one attached hydrogen (secondary N) is 2. The normalized spacial score (nSPS) is 11.6. The molecule has 1 unspecified atom stereocenters. The summed E-state index contributed by atoms with van der Waals surface area (Å²) < 4.78 is 5.79. The molecule has 0 fully saturated rings. The van der Waals surface area contributed by atoms with E-state index < -0.39 is 0 Å². The van der Waals surface area contributed by atoms with E-state index in [-0.39, 0.29) is 43.4 Å². The highest BCUT2D eigenvalue weighted by Crippen LogP contribution is 2.28. The van der Waals surface area contributed by atoms with Crippen LogP contribution in [0.15, 0.2) is 28.7 Å². The van der Waals surface area contributed by atoms with Gasteiger partial charge in [-0.3, -0.25) is 9.59 Å². The summed E-state index contributed by atoms with van der Waals surface area (Å²) >= 11 is 0. The molecule has 0 bridgehead atoms. The molecular weight excluding hydrogens is 306 g/mol. The third-order valence-corrected chi connectivity index (χ3v) is 3.28. The minimum absolute atomic E-state index is 0. The van der Waals surface area contributed by atoms with E-state index in [1.165, 1.54) is 0 Å². The summed E-state index contributed by atoms with van der Waals surface area (Å²) in [7, 11) is 0. The van der Waals surface area contributed by atoms with Gasteiger partial charge in [0, 0.05) is 10.9 Å². The van der Waals surface area contributed by atoms with Crippen molar-refractivity contribution in [3.05, 3.63) is 35.6 Å². The molecule has 4 N–H and O–H groups in total. The first kappa shape index (κ1) is 18.0. The zero-order chi connectivity index (χ0) is 15.4. The van der Waals surface area contributed by atoms with Crippen molar-refractivity contribution in [2.45, 2.75) is 19.9 Å². The Hall–Kier alpha value is -2.05. The Bertz CT molecular complexity index is 669. The number of rotatable bonds is 5. The monoisotopic (exact) mass is 325 g/mol. The number of furan rings is 1. The zero-order valence-electron chi connectivity index (χ0n) is 12.5. The maximum absolute atomic E-state index is 11.8. The molecule has 1 aromatic carbocycles. The third kappa shape index (κ3) is 3.99. The lowest BCUT2D eigenvalue weighted by atomic mass is 10.1. The number of carbonyl (C=O) groups excluding carboxylic acids is 2. The highest BCUT2D eigenvalue weighted by atomic mass is 35.5.